The Labute approximate surface area is 128 Å². The molecule has 2 N–H and O–H groups in total. The van der Waals surface area contributed by atoms with Crippen LogP contribution in [0.3, 0.4) is 0 Å². The minimum Gasteiger partial charge on any atom is -0.478 e. The number of aromatic carboxylic acids is 1. The number of sulfonamides is 1. The molecule has 0 saturated heterocycles. The fourth-order valence-electron chi connectivity index (χ4n) is 2.57. The van der Waals surface area contributed by atoms with Crippen LogP contribution in [0.5, 0.6) is 0 Å². The Hall–Kier alpha value is -1.11. The average molecular weight is 330 g/mol. The molecule has 2 saturated carbocycles. The largest absolute Gasteiger partial charge is 0.478 e. The van der Waals surface area contributed by atoms with Gasteiger partial charge in [-0.2, -0.15) is 0 Å². The Bertz CT molecular complexity index is 668. The number of carboxylic acids is 1. The molecule has 2 fully saturated rings. The minimum absolute atomic E-state index is 0.0149. The second-order valence-corrected chi connectivity index (χ2v) is 7.89. The van der Waals surface area contributed by atoms with Crippen LogP contribution in [0.4, 0.5) is 0 Å². The van der Waals surface area contributed by atoms with Crippen LogP contribution in [0.25, 0.3) is 0 Å². The first-order valence-electron chi connectivity index (χ1n) is 6.93. The van der Waals surface area contributed by atoms with Crippen molar-refractivity contribution in [1.82, 2.24) is 4.72 Å². The molecule has 2 aliphatic carbocycles. The van der Waals surface area contributed by atoms with E-state index in [4.69, 9.17) is 16.7 Å². The quantitative estimate of drug-likeness (QED) is 0.840. The third kappa shape index (κ3) is 3.22. The number of rotatable bonds is 6. The number of halogens is 1. The van der Waals surface area contributed by atoms with Crippen molar-refractivity contribution in [3.63, 3.8) is 0 Å². The molecule has 0 bridgehead atoms. The lowest BCUT2D eigenvalue weighted by atomic mass is 10.1. The predicted molar refractivity (Wildman–Crippen MR) is 78.0 cm³/mol. The molecule has 114 valence electrons. The third-order valence-electron chi connectivity index (χ3n) is 4.03. The molecule has 3 rings (SSSR count). The van der Waals surface area contributed by atoms with Crippen LogP contribution in [0.1, 0.15) is 36.0 Å². The maximum absolute atomic E-state index is 12.4. The fourth-order valence-corrected chi connectivity index (χ4v) is 4.17. The number of carbonyl (C=O) groups is 1. The molecule has 21 heavy (non-hydrogen) atoms. The molecular formula is C14H16ClNO4S. The Balaban J connectivity index is 1.87. The number of hydrogen-bond donors (Lipinski definition) is 2. The first-order valence-corrected chi connectivity index (χ1v) is 8.80. The van der Waals surface area contributed by atoms with Gasteiger partial charge in [0.1, 0.15) is 0 Å². The van der Waals surface area contributed by atoms with Crippen LogP contribution < -0.4 is 4.72 Å². The summed E-state index contributed by atoms with van der Waals surface area (Å²) in [6, 6.07) is 3.75. The van der Waals surface area contributed by atoms with E-state index in [2.05, 4.69) is 4.72 Å². The maximum atomic E-state index is 12.4. The average Bonchev–Trinajstić information content (AvgIpc) is 3.27. The molecule has 0 atom stereocenters. The number of carboxylic acid groups (broad SMARTS) is 1. The molecule has 0 unspecified atom stereocenters. The molecule has 1 aromatic rings. The monoisotopic (exact) mass is 329 g/mol. The second-order valence-electron chi connectivity index (χ2n) is 5.77. The van der Waals surface area contributed by atoms with Gasteiger partial charge in [0.25, 0.3) is 0 Å². The van der Waals surface area contributed by atoms with E-state index in [1.807, 2.05) is 0 Å². The first kappa shape index (κ1) is 14.8. The lowest BCUT2D eigenvalue weighted by molar-refractivity contribution is 0.0697. The van der Waals surface area contributed by atoms with Crippen molar-refractivity contribution < 1.29 is 18.3 Å². The normalized spacial score (nSPS) is 19.0. The summed E-state index contributed by atoms with van der Waals surface area (Å²) in [6.07, 6.45) is 4.24. The topological polar surface area (TPSA) is 83.5 Å². The summed E-state index contributed by atoms with van der Waals surface area (Å²) >= 11 is 5.77. The van der Waals surface area contributed by atoms with Gasteiger partial charge in [0, 0.05) is 6.04 Å². The highest BCUT2D eigenvalue weighted by atomic mass is 35.5. The number of hydrogen-bond acceptors (Lipinski definition) is 3. The Morgan fingerprint density at radius 2 is 1.81 bits per heavy atom. The number of nitrogens with one attached hydrogen (secondary N) is 1. The summed E-state index contributed by atoms with van der Waals surface area (Å²) < 4.78 is 27.6. The molecule has 2 aliphatic rings. The molecule has 0 aromatic heterocycles. The van der Waals surface area contributed by atoms with E-state index < -0.39 is 16.0 Å². The van der Waals surface area contributed by atoms with Crippen molar-refractivity contribution >= 4 is 27.6 Å². The smallest absolute Gasteiger partial charge is 0.337 e. The van der Waals surface area contributed by atoms with Gasteiger partial charge in [-0.15, -0.1) is 0 Å². The first-order chi connectivity index (χ1) is 9.88. The Morgan fingerprint density at radius 3 is 2.29 bits per heavy atom. The zero-order valence-electron chi connectivity index (χ0n) is 11.3. The summed E-state index contributed by atoms with van der Waals surface area (Å²) in [5, 5.41) is 9.06. The summed E-state index contributed by atoms with van der Waals surface area (Å²) in [4.78, 5) is 11.0. The lowest BCUT2D eigenvalue weighted by Gasteiger charge is -2.18. The summed E-state index contributed by atoms with van der Waals surface area (Å²) in [5.41, 5.74) is -0.200. The Kier molecular flexibility index (Phi) is 3.71. The van der Waals surface area contributed by atoms with Gasteiger partial charge in [-0.1, -0.05) is 11.6 Å². The van der Waals surface area contributed by atoms with Crippen molar-refractivity contribution in [2.45, 2.75) is 36.6 Å². The van der Waals surface area contributed by atoms with Gasteiger partial charge in [-0.05, 0) is 55.7 Å². The maximum Gasteiger partial charge on any atom is 0.337 e. The van der Waals surface area contributed by atoms with E-state index in [-0.39, 0.29) is 21.5 Å². The molecule has 0 spiro atoms. The Morgan fingerprint density at radius 1 is 1.24 bits per heavy atom. The van der Waals surface area contributed by atoms with Crippen molar-refractivity contribution in [2.24, 2.45) is 11.8 Å². The summed E-state index contributed by atoms with van der Waals surface area (Å²) in [6.45, 7) is 0. The van der Waals surface area contributed by atoms with E-state index in [0.717, 1.165) is 31.7 Å². The third-order valence-corrected chi connectivity index (χ3v) is 5.82. The van der Waals surface area contributed by atoms with Crippen LogP contribution >= 0.6 is 11.6 Å². The lowest BCUT2D eigenvalue weighted by Crippen LogP contribution is -2.38. The van der Waals surface area contributed by atoms with Gasteiger partial charge < -0.3 is 5.11 Å². The van der Waals surface area contributed by atoms with Gasteiger partial charge in [0.05, 0.1) is 15.5 Å². The fraction of sp³-hybridized carbons (Fsp3) is 0.500. The van der Waals surface area contributed by atoms with Crippen molar-refractivity contribution in [3.05, 3.63) is 28.8 Å². The molecule has 0 amide bonds. The predicted octanol–water partition coefficient (Wildman–Crippen LogP) is 2.51. The van der Waals surface area contributed by atoms with E-state index in [0.29, 0.717) is 11.8 Å². The highest BCUT2D eigenvalue weighted by Crippen LogP contribution is 2.45. The van der Waals surface area contributed by atoms with E-state index >= 15 is 0 Å². The van der Waals surface area contributed by atoms with Crippen LogP contribution in [-0.2, 0) is 10.0 Å². The van der Waals surface area contributed by atoms with Crippen molar-refractivity contribution in [1.29, 1.82) is 0 Å². The zero-order chi connectivity index (χ0) is 15.2. The van der Waals surface area contributed by atoms with Crippen molar-refractivity contribution in [3.8, 4) is 0 Å². The molecule has 0 radical (unpaired) electrons. The molecular weight excluding hydrogens is 314 g/mol. The summed E-state index contributed by atoms with van der Waals surface area (Å²) in [7, 11) is -3.71. The molecule has 1 aromatic carbocycles. The van der Waals surface area contributed by atoms with Gasteiger partial charge >= 0.3 is 5.97 Å². The molecule has 0 aliphatic heterocycles. The highest BCUT2D eigenvalue weighted by Gasteiger charge is 2.43. The van der Waals surface area contributed by atoms with Crippen LogP contribution in [0.15, 0.2) is 23.1 Å². The SMILES string of the molecule is O=C(O)c1cc(S(=O)(=O)NC(C2CC2)C2CC2)ccc1Cl. The van der Waals surface area contributed by atoms with Crippen molar-refractivity contribution in [2.75, 3.05) is 0 Å². The van der Waals surface area contributed by atoms with Crippen LogP contribution in [0.2, 0.25) is 5.02 Å². The van der Waals surface area contributed by atoms with E-state index in [9.17, 15) is 13.2 Å². The standard InChI is InChI=1S/C14H16ClNO4S/c15-12-6-5-10(7-11(12)14(17)18)21(19,20)16-13(8-1-2-8)9-3-4-9/h5-9,13,16H,1-4H2,(H,17,18). The summed E-state index contributed by atoms with van der Waals surface area (Å²) in [5.74, 6) is -0.380. The molecule has 7 heteroatoms. The zero-order valence-corrected chi connectivity index (χ0v) is 12.8. The minimum atomic E-state index is -3.71. The van der Waals surface area contributed by atoms with Gasteiger partial charge in [-0.3, -0.25) is 0 Å². The van der Waals surface area contributed by atoms with Crippen LogP contribution in [-0.4, -0.2) is 25.5 Å². The highest BCUT2D eigenvalue weighted by molar-refractivity contribution is 7.89. The van der Waals surface area contributed by atoms with Gasteiger partial charge in [0.2, 0.25) is 10.0 Å². The second kappa shape index (κ2) is 5.26. The number of benzene rings is 1. The molecule has 5 nitrogen and oxygen atoms in total. The van der Waals surface area contributed by atoms with E-state index in [1.54, 1.807) is 0 Å². The van der Waals surface area contributed by atoms with Gasteiger partial charge in [0.15, 0.2) is 0 Å². The molecule has 0 heterocycles. The van der Waals surface area contributed by atoms with Gasteiger partial charge in [-0.25, -0.2) is 17.9 Å². The van der Waals surface area contributed by atoms with E-state index in [1.165, 1.54) is 12.1 Å². The van der Waals surface area contributed by atoms with Crippen LogP contribution in [0, 0.1) is 11.8 Å².